The number of carbonyl (C=O) groups excluding carboxylic acids is 1. The number of hydrogen-bond donors (Lipinski definition) is 0. The van der Waals surface area contributed by atoms with Crippen LogP contribution in [0.15, 0.2) is 6.20 Å². The molecule has 8 nitrogen and oxygen atoms in total. The van der Waals surface area contributed by atoms with Crippen LogP contribution in [0.2, 0.25) is 0 Å². The van der Waals surface area contributed by atoms with Crippen LogP contribution in [0.1, 0.15) is 59.3 Å². The van der Waals surface area contributed by atoms with Crippen LogP contribution in [0.5, 0.6) is 11.9 Å². The summed E-state index contributed by atoms with van der Waals surface area (Å²) >= 11 is 3.00. The lowest BCUT2D eigenvalue weighted by Gasteiger charge is -2.28. The standard InChI is InChI=1S/C22H36N2O6S2/c1-13(25)29-17-16(30-32-22(5,6)7)15(11-28-12-21(2,3)4)31-18(17)14-10-23-20(27-9)24-19(14)26-8/h10,15-18H,11-12H2,1-9H3/t15-,16-,17-,18?/m1/s1. The van der Waals surface area contributed by atoms with E-state index in [0.717, 1.165) is 5.56 Å². The molecule has 1 fully saturated rings. The predicted molar refractivity (Wildman–Crippen MR) is 127 cm³/mol. The molecule has 1 aliphatic rings. The van der Waals surface area contributed by atoms with Gasteiger partial charge >= 0.3 is 12.0 Å². The van der Waals surface area contributed by atoms with Crippen LogP contribution in [0.4, 0.5) is 0 Å². The van der Waals surface area contributed by atoms with Crippen molar-refractivity contribution in [1.29, 1.82) is 0 Å². The molecule has 32 heavy (non-hydrogen) atoms. The molecule has 1 aromatic rings. The topological polar surface area (TPSA) is 89.0 Å². The van der Waals surface area contributed by atoms with Crippen molar-refractivity contribution in [3.63, 3.8) is 0 Å². The smallest absolute Gasteiger partial charge is 0.319 e. The number of esters is 1. The van der Waals surface area contributed by atoms with E-state index < -0.39 is 6.10 Å². The van der Waals surface area contributed by atoms with E-state index in [2.05, 4.69) is 51.5 Å². The molecule has 0 bridgehead atoms. The fourth-order valence-electron chi connectivity index (χ4n) is 3.05. The third kappa shape index (κ3) is 7.97. The highest BCUT2D eigenvalue weighted by molar-refractivity contribution is 8.00. The van der Waals surface area contributed by atoms with E-state index in [9.17, 15) is 4.79 Å². The van der Waals surface area contributed by atoms with Crippen molar-refractivity contribution in [2.45, 2.75) is 75.9 Å². The highest BCUT2D eigenvalue weighted by Crippen LogP contribution is 2.51. The number of rotatable bonds is 9. The lowest BCUT2D eigenvalue weighted by atomic mass is 9.98. The number of ether oxygens (including phenoxy) is 4. The van der Waals surface area contributed by atoms with Crippen molar-refractivity contribution < 1.29 is 27.9 Å². The Morgan fingerprint density at radius 3 is 2.34 bits per heavy atom. The van der Waals surface area contributed by atoms with Gasteiger partial charge in [-0.3, -0.25) is 4.79 Å². The Kier molecular flexibility index (Phi) is 9.51. The molecule has 1 aliphatic heterocycles. The number of nitrogens with zero attached hydrogens (tertiary/aromatic N) is 2. The minimum absolute atomic E-state index is 0.0432. The third-order valence-corrected chi connectivity index (χ3v) is 6.67. The molecular formula is C22H36N2O6S2. The summed E-state index contributed by atoms with van der Waals surface area (Å²) in [6.45, 7) is 15.1. The van der Waals surface area contributed by atoms with Gasteiger partial charge in [-0.1, -0.05) is 20.8 Å². The van der Waals surface area contributed by atoms with Crippen LogP contribution in [-0.4, -0.2) is 65.6 Å². The molecule has 0 saturated carbocycles. The molecule has 0 amide bonds. The molecule has 0 radical (unpaired) electrons. The zero-order valence-electron chi connectivity index (χ0n) is 20.5. The average molecular weight is 489 g/mol. The van der Waals surface area contributed by atoms with Gasteiger partial charge in [0.2, 0.25) is 5.88 Å². The summed E-state index contributed by atoms with van der Waals surface area (Å²) in [4.78, 5) is 20.6. The van der Waals surface area contributed by atoms with Crippen LogP contribution in [-0.2, 0) is 18.5 Å². The van der Waals surface area contributed by atoms with Gasteiger partial charge in [-0.2, -0.15) is 4.98 Å². The van der Waals surface area contributed by atoms with E-state index in [1.807, 2.05) is 0 Å². The maximum Gasteiger partial charge on any atom is 0.319 e. The molecule has 0 aromatic carbocycles. The molecular weight excluding hydrogens is 452 g/mol. The summed E-state index contributed by atoms with van der Waals surface area (Å²) in [7, 11) is 3.04. The van der Waals surface area contributed by atoms with Crippen molar-refractivity contribution in [3.05, 3.63) is 11.8 Å². The fourth-order valence-corrected chi connectivity index (χ4v) is 5.35. The first kappa shape index (κ1) is 27.0. The molecule has 1 unspecified atom stereocenters. The summed E-state index contributed by atoms with van der Waals surface area (Å²) in [5.41, 5.74) is 0.763. The second-order valence-corrected chi connectivity index (χ2v) is 12.8. The molecule has 182 valence electrons. The van der Waals surface area contributed by atoms with Gasteiger partial charge in [0.15, 0.2) is 0 Å². The normalized spacial score (nSPS) is 23.8. The monoisotopic (exact) mass is 488 g/mol. The zero-order chi connectivity index (χ0) is 24.1. The van der Waals surface area contributed by atoms with E-state index in [4.69, 9.17) is 23.1 Å². The Bertz CT molecular complexity index is 766. The van der Waals surface area contributed by atoms with Crippen LogP contribution in [0.25, 0.3) is 0 Å². The fraction of sp³-hybridized carbons (Fsp3) is 0.773. The van der Waals surface area contributed by atoms with Crippen LogP contribution in [0, 0.1) is 5.41 Å². The molecule has 0 aliphatic carbocycles. The first-order chi connectivity index (χ1) is 14.8. The molecule has 1 aromatic heterocycles. The number of thioether (sulfide) groups is 1. The number of carbonyl (C=O) groups is 1. The summed E-state index contributed by atoms with van der Waals surface area (Å²) in [5.74, 6) is 0.00426. The second kappa shape index (κ2) is 11.3. The predicted octanol–water partition coefficient (Wildman–Crippen LogP) is 4.48. The first-order valence-corrected chi connectivity index (χ1v) is 12.2. The number of aromatic nitrogens is 2. The number of hydrogen-bond acceptors (Lipinski definition) is 10. The summed E-state index contributed by atoms with van der Waals surface area (Å²) in [6, 6.07) is 0.207. The van der Waals surface area contributed by atoms with E-state index in [0.29, 0.717) is 19.1 Å². The lowest BCUT2D eigenvalue weighted by Crippen LogP contribution is -2.38. The van der Waals surface area contributed by atoms with Gasteiger partial charge in [-0.25, -0.2) is 4.98 Å². The Morgan fingerprint density at radius 2 is 1.81 bits per heavy atom. The van der Waals surface area contributed by atoms with Crippen LogP contribution in [0.3, 0.4) is 0 Å². The van der Waals surface area contributed by atoms with Crippen molar-refractivity contribution in [3.8, 4) is 11.9 Å². The molecule has 1 saturated heterocycles. The van der Waals surface area contributed by atoms with Gasteiger partial charge in [-0.05, 0) is 38.2 Å². The van der Waals surface area contributed by atoms with Gasteiger partial charge in [0.05, 0.1) is 37.9 Å². The first-order valence-electron chi connectivity index (χ1n) is 10.5. The van der Waals surface area contributed by atoms with Crippen molar-refractivity contribution in [2.24, 2.45) is 5.41 Å². The molecule has 10 heteroatoms. The van der Waals surface area contributed by atoms with Gasteiger partial charge in [0, 0.05) is 23.4 Å². The zero-order valence-corrected chi connectivity index (χ0v) is 22.1. The lowest BCUT2D eigenvalue weighted by molar-refractivity contribution is -0.150. The van der Waals surface area contributed by atoms with E-state index in [-0.39, 0.29) is 38.7 Å². The Hall–Kier alpha value is -1.23. The molecule has 0 spiro atoms. The van der Waals surface area contributed by atoms with E-state index in [1.165, 1.54) is 26.1 Å². The van der Waals surface area contributed by atoms with Gasteiger partial charge in [-0.15, -0.1) is 11.8 Å². The van der Waals surface area contributed by atoms with Crippen molar-refractivity contribution >= 4 is 29.8 Å². The Labute approximate surface area is 200 Å². The molecule has 2 heterocycles. The molecule has 2 rings (SSSR count). The average Bonchev–Trinajstić information content (AvgIpc) is 3.00. The number of methoxy groups -OCH3 is 2. The Balaban J connectivity index is 2.37. The maximum absolute atomic E-state index is 12.0. The van der Waals surface area contributed by atoms with Crippen LogP contribution < -0.4 is 9.47 Å². The second-order valence-electron chi connectivity index (χ2n) is 9.82. The van der Waals surface area contributed by atoms with Crippen molar-refractivity contribution in [2.75, 3.05) is 27.4 Å². The summed E-state index contributed by atoms with van der Waals surface area (Å²) in [6.07, 6.45) is 0.719. The highest BCUT2D eigenvalue weighted by atomic mass is 32.2. The van der Waals surface area contributed by atoms with Crippen molar-refractivity contribution in [1.82, 2.24) is 9.97 Å². The highest BCUT2D eigenvalue weighted by Gasteiger charge is 2.50. The Morgan fingerprint density at radius 1 is 1.12 bits per heavy atom. The summed E-state index contributed by atoms with van der Waals surface area (Å²) in [5, 5.41) is -0.345. The summed E-state index contributed by atoms with van der Waals surface area (Å²) < 4.78 is 28.6. The van der Waals surface area contributed by atoms with Crippen LogP contribution >= 0.6 is 23.8 Å². The third-order valence-electron chi connectivity index (χ3n) is 4.28. The quantitative estimate of drug-likeness (QED) is 0.366. The van der Waals surface area contributed by atoms with E-state index >= 15 is 0 Å². The molecule has 4 atom stereocenters. The molecule has 0 N–H and O–H groups in total. The minimum Gasteiger partial charge on any atom is -0.481 e. The van der Waals surface area contributed by atoms with E-state index in [1.54, 1.807) is 25.1 Å². The largest absolute Gasteiger partial charge is 0.481 e. The van der Waals surface area contributed by atoms with Gasteiger partial charge in [0.1, 0.15) is 12.2 Å². The maximum atomic E-state index is 12.0. The SMILES string of the molecule is COc1ncc(C2S[C@H](COCC(C)(C)C)[C@@H](OSC(C)(C)C)[C@H]2OC(C)=O)c(OC)n1. The van der Waals surface area contributed by atoms with Gasteiger partial charge in [0.25, 0.3) is 0 Å². The van der Waals surface area contributed by atoms with Gasteiger partial charge < -0.3 is 23.1 Å². The minimum atomic E-state index is -0.554.